The molecule has 1 heterocycles. The summed E-state index contributed by atoms with van der Waals surface area (Å²) in [4.78, 5) is 2.10. The molecule has 0 aromatic heterocycles. The summed E-state index contributed by atoms with van der Waals surface area (Å²) in [5.74, 6) is 0.420. The molecule has 0 aliphatic carbocycles. The molecule has 2 N–H and O–H groups in total. The van der Waals surface area contributed by atoms with Crippen molar-refractivity contribution in [3.63, 3.8) is 0 Å². The lowest BCUT2D eigenvalue weighted by atomic mass is 10.1. The third kappa shape index (κ3) is 2.46. The molecule has 4 nitrogen and oxygen atoms in total. The summed E-state index contributed by atoms with van der Waals surface area (Å²) in [5, 5.41) is 0. The van der Waals surface area contributed by atoms with Crippen LogP contribution < -0.4 is 10.6 Å². The van der Waals surface area contributed by atoms with Crippen molar-refractivity contribution in [2.45, 2.75) is 26.8 Å². The second-order valence-electron chi connectivity index (χ2n) is 5.15. The lowest BCUT2D eigenvalue weighted by Gasteiger charge is -2.36. The van der Waals surface area contributed by atoms with Gasteiger partial charge < -0.3 is 10.6 Å². The Balaban J connectivity index is 2.36. The Morgan fingerprint density at radius 2 is 1.89 bits per heavy atom. The summed E-state index contributed by atoms with van der Waals surface area (Å²) in [7, 11) is -2.89. The van der Waals surface area contributed by atoms with Crippen LogP contribution >= 0.6 is 0 Å². The van der Waals surface area contributed by atoms with E-state index in [4.69, 9.17) is 5.73 Å². The van der Waals surface area contributed by atoms with Gasteiger partial charge in [0.1, 0.15) is 0 Å². The van der Waals surface area contributed by atoms with Crippen LogP contribution in [0.15, 0.2) is 12.1 Å². The normalized spacial score (nSPS) is 23.1. The maximum atomic E-state index is 11.6. The maximum absolute atomic E-state index is 11.6. The molecule has 18 heavy (non-hydrogen) atoms. The minimum atomic E-state index is -2.89. The largest absolute Gasteiger partial charge is 0.397 e. The zero-order chi connectivity index (χ0) is 13.5. The summed E-state index contributed by atoms with van der Waals surface area (Å²) in [5.41, 5.74) is 10.1. The second-order valence-corrected chi connectivity index (χ2v) is 7.38. The lowest BCUT2D eigenvalue weighted by molar-refractivity contribution is 0.568. The van der Waals surface area contributed by atoms with Crippen LogP contribution in [0.1, 0.15) is 18.1 Å². The van der Waals surface area contributed by atoms with Gasteiger partial charge in [-0.25, -0.2) is 8.42 Å². The molecule has 1 aliphatic heterocycles. The molecular formula is C13H20N2O2S. The predicted octanol–water partition coefficient (Wildman–Crippen LogP) is 1.51. The van der Waals surface area contributed by atoms with Gasteiger partial charge >= 0.3 is 0 Å². The van der Waals surface area contributed by atoms with Gasteiger partial charge in [0.2, 0.25) is 0 Å². The number of rotatable bonds is 1. The number of nitrogens with two attached hydrogens (primary N) is 1. The smallest absolute Gasteiger partial charge is 0.154 e. The molecule has 1 fully saturated rings. The fourth-order valence-electron chi connectivity index (χ4n) is 2.43. The first-order chi connectivity index (χ1) is 8.30. The van der Waals surface area contributed by atoms with Crippen LogP contribution in [-0.4, -0.2) is 32.5 Å². The molecule has 1 saturated heterocycles. The average Bonchev–Trinajstić information content (AvgIpc) is 2.23. The minimum Gasteiger partial charge on any atom is -0.397 e. The number of nitrogen functional groups attached to an aromatic ring is 1. The van der Waals surface area contributed by atoms with E-state index in [-0.39, 0.29) is 17.5 Å². The van der Waals surface area contributed by atoms with E-state index in [1.54, 1.807) is 0 Å². The zero-order valence-electron chi connectivity index (χ0n) is 11.1. The van der Waals surface area contributed by atoms with Crippen molar-refractivity contribution >= 4 is 21.2 Å². The van der Waals surface area contributed by atoms with Crippen molar-refractivity contribution in [2.75, 3.05) is 28.7 Å². The number of anilines is 2. The molecule has 1 atom stereocenters. The van der Waals surface area contributed by atoms with Crippen molar-refractivity contribution in [2.24, 2.45) is 0 Å². The summed E-state index contributed by atoms with van der Waals surface area (Å²) in [6, 6.07) is 3.99. The van der Waals surface area contributed by atoms with E-state index in [9.17, 15) is 8.42 Å². The van der Waals surface area contributed by atoms with Gasteiger partial charge in [0.15, 0.2) is 9.84 Å². The Bertz CT molecular complexity index is 567. The molecular weight excluding hydrogens is 248 g/mol. The van der Waals surface area contributed by atoms with E-state index in [0.29, 0.717) is 6.54 Å². The van der Waals surface area contributed by atoms with Gasteiger partial charge in [0.05, 0.1) is 22.9 Å². The Morgan fingerprint density at radius 1 is 1.28 bits per heavy atom. The molecule has 2 rings (SSSR count). The molecule has 0 amide bonds. The summed E-state index contributed by atoms with van der Waals surface area (Å²) < 4.78 is 23.2. The van der Waals surface area contributed by atoms with Gasteiger partial charge in [0, 0.05) is 12.6 Å². The topological polar surface area (TPSA) is 63.4 Å². The van der Waals surface area contributed by atoms with E-state index in [1.165, 1.54) is 5.56 Å². The van der Waals surface area contributed by atoms with Crippen molar-refractivity contribution in [1.82, 2.24) is 0 Å². The summed E-state index contributed by atoms with van der Waals surface area (Å²) >= 11 is 0. The second kappa shape index (κ2) is 4.46. The minimum absolute atomic E-state index is 0.0202. The Labute approximate surface area is 109 Å². The van der Waals surface area contributed by atoms with Crippen LogP contribution in [-0.2, 0) is 9.84 Å². The number of hydrogen-bond acceptors (Lipinski definition) is 4. The van der Waals surface area contributed by atoms with Crippen molar-refractivity contribution in [1.29, 1.82) is 0 Å². The number of sulfone groups is 1. The number of benzene rings is 1. The van der Waals surface area contributed by atoms with Crippen LogP contribution in [0.4, 0.5) is 11.4 Å². The van der Waals surface area contributed by atoms with E-state index >= 15 is 0 Å². The molecule has 0 radical (unpaired) electrons. The van der Waals surface area contributed by atoms with Gasteiger partial charge in [-0.1, -0.05) is 0 Å². The third-order valence-corrected chi connectivity index (χ3v) is 5.42. The molecule has 1 unspecified atom stereocenters. The number of aryl methyl sites for hydroxylation is 2. The van der Waals surface area contributed by atoms with Gasteiger partial charge in [0.25, 0.3) is 0 Å². The Kier molecular flexibility index (Phi) is 3.27. The Hall–Kier alpha value is -1.23. The predicted molar refractivity (Wildman–Crippen MR) is 75.8 cm³/mol. The standard InChI is InChI=1S/C13H20N2O2S/c1-9-6-12(14)13(7-10(9)2)15-4-5-18(16,17)8-11(15)3/h6-7,11H,4-5,8,14H2,1-3H3. The molecule has 5 heteroatoms. The van der Waals surface area contributed by atoms with Crippen LogP contribution in [0.25, 0.3) is 0 Å². The molecule has 0 bridgehead atoms. The summed E-state index contributed by atoms with van der Waals surface area (Å²) in [6.07, 6.45) is 0. The lowest BCUT2D eigenvalue weighted by Crippen LogP contribution is -2.47. The van der Waals surface area contributed by atoms with E-state index in [2.05, 4.69) is 11.0 Å². The van der Waals surface area contributed by atoms with Crippen LogP contribution in [0.5, 0.6) is 0 Å². The van der Waals surface area contributed by atoms with Crippen molar-refractivity contribution in [3.05, 3.63) is 23.3 Å². The monoisotopic (exact) mass is 268 g/mol. The third-order valence-electron chi connectivity index (χ3n) is 3.62. The molecule has 0 saturated carbocycles. The first-order valence-electron chi connectivity index (χ1n) is 6.14. The van der Waals surface area contributed by atoms with Crippen LogP contribution in [0.3, 0.4) is 0 Å². The summed E-state index contributed by atoms with van der Waals surface area (Å²) in [6.45, 7) is 6.53. The fourth-order valence-corrected chi connectivity index (χ4v) is 3.98. The van der Waals surface area contributed by atoms with E-state index < -0.39 is 9.84 Å². The first-order valence-corrected chi connectivity index (χ1v) is 7.96. The van der Waals surface area contributed by atoms with Gasteiger partial charge in [-0.05, 0) is 44.0 Å². The van der Waals surface area contributed by atoms with Crippen LogP contribution in [0, 0.1) is 13.8 Å². The van der Waals surface area contributed by atoms with Crippen LogP contribution in [0.2, 0.25) is 0 Å². The fraction of sp³-hybridized carbons (Fsp3) is 0.538. The highest BCUT2D eigenvalue weighted by Crippen LogP contribution is 2.30. The van der Waals surface area contributed by atoms with Gasteiger partial charge in [-0.3, -0.25) is 0 Å². The highest BCUT2D eigenvalue weighted by molar-refractivity contribution is 7.91. The highest BCUT2D eigenvalue weighted by Gasteiger charge is 2.29. The zero-order valence-corrected chi connectivity index (χ0v) is 11.9. The maximum Gasteiger partial charge on any atom is 0.154 e. The first kappa shape index (κ1) is 13.2. The molecule has 100 valence electrons. The van der Waals surface area contributed by atoms with E-state index in [0.717, 1.165) is 16.9 Å². The molecule has 1 aromatic carbocycles. The average molecular weight is 268 g/mol. The van der Waals surface area contributed by atoms with Crippen molar-refractivity contribution in [3.8, 4) is 0 Å². The number of hydrogen-bond donors (Lipinski definition) is 1. The molecule has 1 aliphatic rings. The number of nitrogens with zero attached hydrogens (tertiary/aromatic N) is 1. The van der Waals surface area contributed by atoms with E-state index in [1.807, 2.05) is 26.8 Å². The Morgan fingerprint density at radius 3 is 2.50 bits per heavy atom. The quantitative estimate of drug-likeness (QED) is 0.784. The SMILES string of the molecule is Cc1cc(N)c(N2CCS(=O)(=O)CC2C)cc1C. The van der Waals surface area contributed by atoms with Gasteiger partial charge in [-0.15, -0.1) is 0 Å². The highest BCUT2D eigenvalue weighted by atomic mass is 32.2. The van der Waals surface area contributed by atoms with Crippen molar-refractivity contribution < 1.29 is 8.42 Å². The molecule has 1 aromatic rings. The molecule has 0 spiro atoms. The van der Waals surface area contributed by atoms with Gasteiger partial charge in [-0.2, -0.15) is 0 Å².